The number of ether oxygens (including phenoxy) is 1. The minimum atomic E-state index is -0.608. The summed E-state index contributed by atoms with van der Waals surface area (Å²) in [7, 11) is 0. The summed E-state index contributed by atoms with van der Waals surface area (Å²) in [5, 5.41) is 11.0. The van der Waals surface area contributed by atoms with Gasteiger partial charge >= 0.3 is 11.8 Å². The van der Waals surface area contributed by atoms with Crippen LogP contribution in [-0.2, 0) is 17.8 Å². The van der Waals surface area contributed by atoms with Crippen LogP contribution in [0.25, 0.3) is 0 Å². The molecule has 0 spiro atoms. The maximum atomic E-state index is 12.4. The first-order chi connectivity index (χ1) is 12.1. The summed E-state index contributed by atoms with van der Waals surface area (Å²) in [4.78, 5) is 25.4. The van der Waals surface area contributed by atoms with Crippen LogP contribution in [-0.4, -0.2) is 15.9 Å². The van der Waals surface area contributed by atoms with Crippen molar-refractivity contribution in [1.82, 2.24) is 4.98 Å². The molecule has 0 unspecified atom stereocenters. The summed E-state index contributed by atoms with van der Waals surface area (Å²) in [5.74, 6) is -0.833. The highest BCUT2D eigenvalue weighted by molar-refractivity contribution is 5.90. The van der Waals surface area contributed by atoms with Crippen LogP contribution in [0.1, 0.15) is 27.2 Å². The predicted molar refractivity (Wildman–Crippen MR) is 92.3 cm³/mol. The molecule has 0 aliphatic rings. The molecule has 6 nitrogen and oxygen atoms in total. The van der Waals surface area contributed by atoms with Crippen molar-refractivity contribution in [2.24, 2.45) is 0 Å². The molecule has 0 atom stereocenters. The first-order valence-electron chi connectivity index (χ1n) is 7.75. The van der Waals surface area contributed by atoms with Crippen molar-refractivity contribution in [3.05, 3.63) is 99.2 Å². The number of esters is 1. The first kappa shape index (κ1) is 16.4. The second kappa shape index (κ2) is 7.44. The second-order valence-electron chi connectivity index (χ2n) is 5.54. The van der Waals surface area contributed by atoms with Gasteiger partial charge in [0.15, 0.2) is 0 Å². The quantitative estimate of drug-likeness (QED) is 0.421. The van der Waals surface area contributed by atoms with E-state index in [1.165, 1.54) is 6.07 Å². The molecule has 3 aromatic rings. The van der Waals surface area contributed by atoms with E-state index >= 15 is 0 Å². The van der Waals surface area contributed by atoms with E-state index in [2.05, 4.69) is 4.98 Å². The van der Waals surface area contributed by atoms with Crippen molar-refractivity contribution < 1.29 is 14.5 Å². The maximum absolute atomic E-state index is 12.4. The van der Waals surface area contributed by atoms with Crippen LogP contribution < -0.4 is 0 Å². The number of nitrogens with zero attached hydrogens (tertiary/aromatic N) is 1. The topological polar surface area (TPSA) is 85.2 Å². The number of hydrogen-bond acceptors (Lipinski definition) is 4. The number of carbonyl (C=O) groups is 1. The molecule has 0 bridgehead atoms. The van der Waals surface area contributed by atoms with Crippen LogP contribution in [0.3, 0.4) is 0 Å². The number of benzene rings is 2. The van der Waals surface area contributed by atoms with E-state index in [9.17, 15) is 14.9 Å². The Kier molecular flexibility index (Phi) is 4.89. The summed E-state index contributed by atoms with van der Waals surface area (Å²) in [5.41, 5.74) is 2.46. The van der Waals surface area contributed by atoms with Crippen LogP contribution in [0.15, 0.2) is 66.7 Å². The van der Waals surface area contributed by atoms with Gasteiger partial charge in [-0.15, -0.1) is 0 Å². The summed E-state index contributed by atoms with van der Waals surface area (Å²) in [6.45, 7) is 0.108. The second-order valence-corrected chi connectivity index (χ2v) is 5.54. The molecule has 6 heteroatoms. The Morgan fingerprint density at radius 3 is 2.20 bits per heavy atom. The number of aromatic amines is 1. The molecule has 25 heavy (non-hydrogen) atoms. The normalized spacial score (nSPS) is 10.4. The Balaban J connectivity index is 1.81. The standard InChI is InChI=1S/C19H16N2O4/c22-19(25-13-15-9-5-2-6-10-15)18-16(12-17(20-18)21(23)24)11-14-7-3-1-4-8-14/h1-10,12,20H,11,13H2. The Morgan fingerprint density at radius 1 is 1.00 bits per heavy atom. The number of nitrogens with one attached hydrogen (secondary N) is 1. The molecule has 0 amide bonds. The predicted octanol–water partition coefficient (Wildman–Crippen LogP) is 3.87. The van der Waals surface area contributed by atoms with Crippen molar-refractivity contribution in [1.29, 1.82) is 0 Å². The highest BCUT2D eigenvalue weighted by Gasteiger charge is 2.23. The number of carbonyl (C=O) groups excluding carboxylic acids is 1. The van der Waals surface area contributed by atoms with Gasteiger partial charge in [0, 0.05) is 18.1 Å². The molecule has 0 saturated heterocycles. The van der Waals surface area contributed by atoms with E-state index < -0.39 is 10.9 Å². The van der Waals surface area contributed by atoms with Crippen molar-refractivity contribution >= 4 is 11.8 Å². The van der Waals surface area contributed by atoms with Gasteiger partial charge < -0.3 is 14.9 Å². The zero-order valence-corrected chi connectivity index (χ0v) is 13.3. The van der Waals surface area contributed by atoms with Crippen molar-refractivity contribution in [2.75, 3.05) is 0 Å². The largest absolute Gasteiger partial charge is 0.455 e. The van der Waals surface area contributed by atoms with Crippen molar-refractivity contribution in [2.45, 2.75) is 13.0 Å². The molecule has 0 aliphatic heterocycles. The van der Waals surface area contributed by atoms with E-state index in [1.807, 2.05) is 60.7 Å². The number of rotatable bonds is 6. The Labute approximate surface area is 144 Å². The van der Waals surface area contributed by atoms with Crippen LogP contribution in [0.2, 0.25) is 0 Å². The molecule has 0 aliphatic carbocycles. The lowest BCUT2D eigenvalue weighted by Crippen LogP contribution is -2.08. The van der Waals surface area contributed by atoms with Crippen LogP contribution in [0.5, 0.6) is 0 Å². The molecular formula is C19H16N2O4. The summed E-state index contributed by atoms with van der Waals surface area (Å²) in [6, 6.07) is 20.1. The number of nitro groups is 1. The minimum Gasteiger partial charge on any atom is -0.455 e. The fraction of sp³-hybridized carbons (Fsp3) is 0.105. The highest BCUT2D eigenvalue weighted by atomic mass is 16.6. The smallest absolute Gasteiger partial charge is 0.379 e. The SMILES string of the molecule is O=C(OCc1ccccc1)c1[nH]c([N+](=O)[O-])cc1Cc1ccccc1. The van der Waals surface area contributed by atoms with Gasteiger partial charge in [0.05, 0.1) is 0 Å². The summed E-state index contributed by atoms with van der Waals surface area (Å²) >= 11 is 0. The number of aromatic nitrogens is 1. The van der Waals surface area contributed by atoms with Gasteiger partial charge in [0.2, 0.25) is 5.69 Å². The molecule has 1 aromatic heterocycles. The van der Waals surface area contributed by atoms with Gasteiger partial charge in [0.1, 0.15) is 6.61 Å². The first-order valence-corrected chi connectivity index (χ1v) is 7.75. The average molecular weight is 336 g/mol. The highest BCUT2D eigenvalue weighted by Crippen LogP contribution is 2.21. The van der Waals surface area contributed by atoms with E-state index in [0.717, 1.165) is 11.1 Å². The molecule has 2 aromatic carbocycles. The van der Waals surface area contributed by atoms with Gasteiger partial charge in [-0.05, 0) is 16.1 Å². The van der Waals surface area contributed by atoms with Gasteiger partial charge in [-0.3, -0.25) is 0 Å². The lowest BCUT2D eigenvalue weighted by Gasteiger charge is -2.04. The Hall–Kier alpha value is -3.41. The van der Waals surface area contributed by atoms with E-state index in [4.69, 9.17) is 4.74 Å². The third kappa shape index (κ3) is 4.11. The summed E-state index contributed by atoms with van der Waals surface area (Å²) in [6.07, 6.45) is 0.404. The monoisotopic (exact) mass is 336 g/mol. The van der Waals surface area contributed by atoms with E-state index in [0.29, 0.717) is 12.0 Å². The van der Waals surface area contributed by atoms with E-state index in [-0.39, 0.29) is 18.1 Å². The van der Waals surface area contributed by atoms with Gasteiger partial charge in [-0.1, -0.05) is 60.7 Å². The molecule has 126 valence electrons. The van der Waals surface area contributed by atoms with E-state index in [1.54, 1.807) is 0 Å². The molecule has 0 saturated carbocycles. The molecule has 1 heterocycles. The lowest BCUT2D eigenvalue weighted by atomic mass is 10.1. The maximum Gasteiger partial charge on any atom is 0.379 e. The van der Waals surface area contributed by atoms with Crippen LogP contribution >= 0.6 is 0 Å². The summed E-state index contributed by atoms with van der Waals surface area (Å²) < 4.78 is 5.29. The molecule has 0 radical (unpaired) electrons. The Morgan fingerprint density at radius 2 is 1.60 bits per heavy atom. The van der Waals surface area contributed by atoms with Crippen molar-refractivity contribution in [3.8, 4) is 0 Å². The minimum absolute atomic E-state index is 0.108. The van der Waals surface area contributed by atoms with Crippen LogP contribution in [0.4, 0.5) is 5.82 Å². The zero-order chi connectivity index (χ0) is 17.6. The van der Waals surface area contributed by atoms with Crippen LogP contribution in [0, 0.1) is 10.1 Å². The number of H-pyrrole nitrogens is 1. The third-order valence-electron chi connectivity index (χ3n) is 3.74. The van der Waals surface area contributed by atoms with Crippen molar-refractivity contribution in [3.63, 3.8) is 0 Å². The number of hydrogen-bond donors (Lipinski definition) is 1. The molecule has 3 rings (SSSR count). The average Bonchev–Trinajstić information content (AvgIpc) is 3.06. The molecule has 1 N–H and O–H groups in total. The third-order valence-corrected chi connectivity index (χ3v) is 3.74. The zero-order valence-electron chi connectivity index (χ0n) is 13.3. The molecular weight excluding hydrogens is 320 g/mol. The fourth-order valence-electron chi connectivity index (χ4n) is 2.51. The Bertz CT molecular complexity index is 873. The van der Waals surface area contributed by atoms with Gasteiger partial charge in [-0.2, -0.15) is 0 Å². The van der Waals surface area contributed by atoms with Gasteiger partial charge in [0.25, 0.3) is 0 Å². The fourth-order valence-corrected chi connectivity index (χ4v) is 2.51. The lowest BCUT2D eigenvalue weighted by molar-refractivity contribution is -0.389. The van der Waals surface area contributed by atoms with Gasteiger partial charge in [-0.25, -0.2) is 9.78 Å². The molecule has 0 fully saturated rings.